The molecule has 0 radical (unpaired) electrons. The summed E-state index contributed by atoms with van der Waals surface area (Å²) in [5, 5.41) is 15.9. The molecule has 0 spiro atoms. The van der Waals surface area contributed by atoms with E-state index >= 15 is 0 Å². The van der Waals surface area contributed by atoms with Gasteiger partial charge in [0.1, 0.15) is 12.8 Å². The van der Waals surface area contributed by atoms with Crippen molar-refractivity contribution in [1.29, 1.82) is 0 Å². The van der Waals surface area contributed by atoms with Gasteiger partial charge in [0.05, 0.1) is 15.4 Å². The van der Waals surface area contributed by atoms with Gasteiger partial charge in [-0.1, -0.05) is 52.6 Å². The van der Waals surface area contributed by atoms with Gasteiger partial charge in [0.15, 0.2) is 5.76 Å². The fourth-order valence-corrected chi connectivity index (χ4v) is 2.34. The maximum absolute atomic E-state index is 9.69. The number of benzene rings is 2. The second-order valence-electron chi connectivity index (χ2n) is 4.57. The number of furan rings is 1. The van der Waals surface area contributed by atoms with Crippen LogP contribution in [-0.4, -0.2) is 11.3 Å². The van der Waals surface area contributed by atoms with Gasteiger partial charge in [0, 0.05) is 5.39 Å². The quantitative estimate of drug-likeness (QED) is 0.539. The van der Waals surface area contributed by atoms with E-state index < -0.39 is 0 Å². The Labute approximate surface area is 136 Å². The fraction of sp³-hybridized carbons (Fsp3) is 0.0625. The Bertz CT molecular complexity index is 843. The second-order valence-corrected chi connectivity index (χ2v) is 5.39. The zero-order valence-corrected chi connectivity index (χ0v) is 12.8. The molecule has 2 aromatic carbocycles. The lowest BCUT2D eigenvalue weighted by Gasteiger charge is -2.01. The van der Waals surface area contributed by atoms with Gasteiger partial charge in [0.25, 0.3) is 5.95 Å². The minimum atomic E-state index is -0.137. The SMILES string of the molecule is Oc1oc(/C=N/OCc2ccc(Cl)c(Cl)c2)c2ccccc12. The Hall–Kier alpha value is -2.17. The van der Waals surface area contributed by atoms with Crippen LogP contribution in [0.1, 0.15) is 11.3 Å². The number of rotatable bonds is 4. The summed E-state index contributed by atoms with van der Waals surface area (Å²) >= 11 is 11.8. The minimum absolute atomic E-state index is 0.137. The summed E-state index contributed by atoms with van der Waals surface area (Å²) in [5.41, 5.74) is 0.846. The normalized spacial score (nSPS) is 11.4. The first-order valence-corrected chi connectivity index (χ1v) is 7.20. The molecule has 0 atom stereocenters. The van der Waals surface area contributed by atoms with Crippen LogP contribution in [-0.2, 0) is 11.4 Å². The van der Waals surface area contributed by atoms with E-state index in [1.165, 1.54) is 6.21 Å². The molecule has 22 heavy (non-hydrogen) atoms. The monoisotopic (exact) mass is 335 g/mol. The van der Waals surface area contributed by atoms with Gasteiger partial charge in [-0.05, 0) is 23.8 Å². The van der Waals surface area contributed by atoms with Gasteiger partial charge in [-0.25, -0.2) is 0 Å². The molecule has 0 bridgehead atoms. The molecular weight excluding hydrogens is 325 g/mol. The molecule has 112 valence electrons. The van der Waals surface area contributed by atoms with Crippen molar-refractivity contribution in [3.8, 4) is 5.95 Å². The summed E-state index contributed by atoms with van der Waals surface area (Å²) in [6.45, 7) is 0.248. The molecule has 3 aromatic rings. The van der Waals surface area contributed by atoms with Crippen LogP contribution in [0, 0.1) is 0 Å². The van der Waals surface area contributed by atoms with E-state index in [2.05, 4.69) is 5.16 Å². The molecule has 0 amide bonds. The summed E-state index contributed by atoms with van der Waals surface area (Å²) in [6, 6.07) is 12.5. The zero-order chi connectivity index (χ0) is 15.5. The van der Waals surface area contributed by atoms with Crippen molar-refractivity contribution in [3.05, 3.63) is 63.8 Å². The molecule has 0 aliphatic carbocycles. The highest BCUT2D eigenvalue weighted by molar-refractivity contribution is 6.42. The van der Waals surface area contributed by atoms with Crippen LogP contribution in [0.4, 0.5) is 0 Å². The Kier molecular flexibility index (Phi) is 4.22. The van der Waals surface area contributed by atoms with Crippen molar-refractivity contribution < 1.29 is 14.4 Å². The molecule has 1 N–H and O–H groups in total. The minimum Gasteiger partial charge on any atom is -0.480 e. The highest BCUT2D eigenvalue weighted by atomic mass is 35.5. The van der Waals surface area contributed by atoms with Gasteiger partial charge in [-0.15, -0.1) is 0 Å². The van der Waals surface area contributed by atoms with Crippen LogP contribution in [0.3, 0.4) is 0 Å². The lowest BCUT2D eigenvalue weighted by Crippen LogP contribution is -1.88. The fourth-order valence-electron chi connectivity index (χ4n) is 2.02. The molecule has 6 heteroatoms. The summed E-state index contributed by atoms with van der Waals surface area (Å²) < 4.78 is 5.24. The Balaban J connectivity index is 1.70. The number of oxime groups is 1. The van der Waals surface area contributed by atoms with Gasteiger partial charge in [0.2, 0.25) is 0 Å². The molecular formula is C16H11Cl2NO3. The van der Waals surface area contributed by atoms with E-state index in [1.807, 2.05) is 18.2 Å². The van der Waals surface area contributed by atoms with Crippen LogP contribution >= 0.6 is 23.2 Å². The maximum Gasteiger partial charge on any atom is 0.290 e. The lowest BCUT2D eigenvalue weighted by molar-refractivity contribution is 0.132. The molecule has 1 heterocycles. The maximum atomic E-state index is 9.69. The lowest BCUT2D eigenvalue weighted by atomic mass is 10.2. The van der Waals surface area contributed by atoms with Gasteiger partial charge in [-0.3, -0.25) is 0 Å². The van der Waals surface area contributed by atoms with Crippen molar-refractivity contribution in [2.24, 2.45) is 5.16 Å². The molecule has 0 fully saturated rings. The predicted octanol–water partition coefficient (Wildman–Crippen LogP) is 5.00. The first-order chi connectivity index (χ1) is 10.6. The summed E-state index contributed by atoms with van der Waals surface area (Å²) in [6.07, 6.45) is 1.42. The molecule has 0 aliphatic rings. The zero-order valence-electron chi connectivity index (χ0n) is 11.3. The molecule has 0 saturated heterocycles. The summed E-state index contributed by atoms with van der Waals surface area (Å²) in [4.78, 5) is 5.20. The van der Waals surface area contributed by atoms with E-state index in [0.717, 1.165) is 10.9 Å². The highest BCUT2D eigenvalue weighted by Crippen LogP contribution is 2.29. The van der Waals surface area contributed by atoms with Gasteiger partial charge >= 0.3 is 0 Å². The number of aromatic hydroxyl groups is 1. The molecule has 0 aliphatic heterocycles. The Morgan fingerprint density at radius 2 is 1.86 bits per heavy atom. The number of nitrogens with zero attached hydrogens (tertiary/aromatic N) is 1. The standard InChI is InChI=1S/C16H11Cl2NO3/c17-13-6-5-10(7-14(13)18)9-21-19-8-15-11-3-1-2-4-12(11)16(20)22-15/h1-8,20H,9H2/b19-8+. The Morgan fingerprint density at radius 1 is 1.09 bits per heavy atom. The first-order valence-electron chi connectivity index (χ1n) is 6.45. The van der Waals surface area contributed by atoms with Crippen molar-refractivity contribution in [3.63, 3.8) is 0 Å². The van der Waals surface area contributed by atoms with Crippen molar-refractivity contribution in [1.82, 2.24) is 0 Å². The second kappa shape index (κ2) is 6.30. The molecule has 0 saturated carbocycles. The number of hydrogen-bond donors (Lipinski definition) is 1. The van der Waals surface area contributed by atoms with Crippen LogP contribution in [0.2, 0.25) is 10.0 Å². The van der Waals surface area contributed by atoms with E-state index in [1.54, 1.807) is 24.3 Å². The van der Waals surface area contributed by atoms with E-state index in [0.29, 0.717) is 21.2 Å². The molecule has 4 nitrogen and oxygen atoms in total. The number of hydrogen-bond acceptors (Lipinski definition) is 4. The topological polar surface area (TPSA) is 55.0 Å². The third-order valence-electron chi connectivity index (χ3n) is 3.09. The number of fused-ring (bicyclic) bond motifs is 1. The molecule has 0 unspecified atom stereocenters. The van der Waals surface area contributed by atoms with E-state index in [-0.39, 0.29) is 12.6 Å². The third kappa shape index (κ3) is 3.03. The average molecular weight is 336 g/mol. The van der Waals surface area contributed by atoms with E-state index in [4.69, 9.17) is 32.5 Å². The van der Waals surface area contributed by atoms with Crippen LogP contribution in [0.25, 0.3) is 10.8 Å². The van der Waals surface area contributed by atoms with Crippen molar-refractivity contribution >= 4 is 40.2 Å². The Morgan fingerprint density at radius 3 is 2.64 bits per heavy atom. The summed E-state index contributed by atoms with van der Waals surface area (Å²) in [5.74, 6) is 0.295. The average Bonchev–Trinajstić information content (AvgIpc) is 2.84. The smallest absolute Gasteiger partial charge is 0.290 e. The van der Waals surface area contributed by atoms with Gasteiger partial charge < -0.3 is 14.4 Å². The first kappa shape index (κ1) is 14.8. The van der Waals surface area contributed by atoms with Crippen molar-refractivity contribution in [2.75, 3.05) is 0 Å². The molecule has 1 aromatic heterocycles. The van der Waals surface area contributed by atoms with Crippen LogP contribution in [0.15, 0.2) is 52.0 Å². The van der Waals surface area contributed by atoms with Gasteiger partial charge in [-0.2, -0.15) is 0 Å². The molecule has 3 rings (SSSR count). The largest absolute Gasteiger partial charge is 0.480 e. The number of halogens is 2. The summed E-state index contributed by atoms with van der Waals surface area (Å²) in [7, 11) is 0. The van der Waals surface area contributed by atoms with Crippen molar-refractivity contribution in [2.45, 2.75) is 6.61 Å². The third-order valence-corrected chi connectivity index (χ3v) is 3.83. The predicted molar refractivity (Wildman–Crippen MR) is 86.7 cm³/mol. The van der Waals surface area contributed by atoms with Crippen LogP contribution in [0.5, 0.6) is 5.95 Å². The van der Waals surface area contributed by atoms with E-state index in [9.17, 15) is 5.11 Å². The highest BCUT2D eigenvalue weighted by Gasteiger charge is 2.09. The van der Waals surface area contributed by atoms with Crippen LogP contribution < -0.4 is 0 Å².